The van der Waals surface area contributed by atoms with Crippen LogP contribution in [0.25, 0.3) is 0 Å². The lowest BCUT2D eigenvalue weighted by Gasteiger charge is -1.95. The maximum Gasteiger partial charge on any atom is 0.374 e. The molecule has 0 atom stereocenters. The van der Waals surface area contributed by atoms with Crippen molar-refractivity contribution >= 4 is 19.4 Å². The van der Waals surface area contributed by atoms with Gasteiger partial charge in [-0.25, -0.2) is 9.78 Å². The van der Waals surface area contributed by atoms with Gasteiger partial charge in [-0.15, -0.1) is 0 Å². The number of rotatable bonds is 2. The van der Waals surface area contributed by atoms with Gasteiger partial charge in [0.15, 0.2) is 0 Å². The van der Waals surface area contributed by atoms with Gasteiger partial charge in [0.05, 0.1) is 6.61 Å². The maximum atomic E-state index is 10.9. The van der Waals surface area contributed by atoms with E-state index in [1.807, 2.05) is 0 Å². The molecule has 0 aliphatic heterocycles. The fourth-order valence-corrected chi connectivity index (χ4v) is 0.639. The van der Waals surface area contributed by atoms with Crippen LogP contribution in [0.2, 0.25) is 0 Å². The van der Waals surface area contributed by atoms with Gasteiger partial charge in [0.2, 0.25) is 5.82 Å². The first-order valence-electron chi connectivity index (χ1n) is 3.21. The summed E-state index contributed by atoms with van der Waals surface area (Å²) in [6.07, 6.45) is 1.37. The van der Waals surface area contributed by atoms with Crippen molar-refractivity contribution in [3.8, 4) is 0 Å². The summed E-state index contributed by atoms with van der Waals surface area (Å²) in [7, 11) is 5.29. The number of carbonyl (C=O) groups excluding carboxylic acids is 1. The second kappa shape index (κ2) is 3.23. The van der Waals surface area contributed by atoms with Crippen LogP contribution in [0.1, 0.15) is 17.5 Å². The Labute approximate surface area is 65.4 Å². The van der Waals surface area contributed by atoms with Gasteiger partial charge in [0.1, 0.15) is 7.85 Å². The molecule has 11 heavy (non-hydrogen) atoms. The van der Waals surface area contributed by atoms with Crippen LogP contribution < -0.4 is 5.59 Å². The molecule has 1 heterocycles. The average Bonchev–Trinajstić information content (AvgIpc) is 2.36. The zero-order chi connectivity index (χ0) is 8.27. The standard InChI is InChI=1S/C6H7BN2O2/c1-2-11-6(10)5-8-3-4(7)9-5/h3H,2H2,1H3,(H,8,9). The molecule has 2 radical (unpaired) electrons. The van der Waals surface area contributed by atoms with Gasteiger partial charge in [-0.1, -0.05) is 0 Å². The van der Waals surface area contributed by atoms with Gasteiger partial charge in [0.25, 0.3) is 0 Å². The predicted octanol–water partition coefficient (Wildman–Crippen LogP) is -0.620. The van der Waals surface area contributed by atoms with E-state index in [1.165, 1.54) is 6.20 Å². The number of aromatic amines is 1. The Morgan fingerprint density at radius 2 is 2.64 bits per heavy atom. The molecule has 56 valence electrons. The molecule has 0 aliphatic carbocycles. The highest BCUT2D eigenvalue weighted by molar-refractivity contribution is 6.30. The van der Waals surface area contributed by atoms with E-state index >= 15 is 0 Å². The summed E-state index contributed by atoms with van der Waals surface area (Å²) >= 11 is 0. The number of hydrogen-bond donors (Lipinski definition) is 1. The number of H-pyrrole nitrogens is 1. The summed E-state index contributed by atoms with van der Waals surface area (Å²) in [4.78, 5) is 17.1. The largest absolute Gasteiger partial charge is 0.460 e. The van der Waals surface area contributed by atoms with Crippen molar-refractivity contribution in [1.82, 2.24) is 9.97 Å². The van der Waals surface area contributed by atoms with Crippen molar-refractivity contribution in [2.45, 2.75) is 6.92 Å². The van der Waals surface area contributed by atoms with E-state index in [4.69, 9.17) is 7.85 Å². The predicted molar refractivity (Wildman–Crippen MR) is 39.9 cm³/mol. The Hall–Kier alpha value is -1.26. The summed E-state index contributed by atoms with van der Waals surface area (Å²) < 4.78 is 4.65. The molecule has 0 saturated heterocycles. The smallest absolute Gasteiger partial charge is 0.374 e. The third kappa shape index (κ3) is 1.83. The van der Waals surface area contributed by atoms with Crippen molar-refractivity contribution in [3.63, 3.8) is 0 Å². The number of imidazole rings is 1. The van der Waals surface area contributed by atoms with Crippen molar-refractivity contribution in [3.05, 3.63) is 12.0 Å². The Bertz CT molecular complexity index is 259. The molecule has 1 rings (SSSR count). The first-order valence-corrected chi connectivity index (χ1v) is 3.21. The zero-order valence-corrected chi connectivity index (χ0v) is 6.13. The fraction of sp³-hybridized carbons (Fsp3) is 0.333. The van der Waals surface area contributed by atoms with Crippen LogP contribution in [0.3, 0.4) is 0 Å². The summed E-state index contributed by atoms with van der Waals surface area (Å²) in [5.41, 5.74) is 0.355. The first kappa shape index (κ1) is 7.85. The van der Waals surface area contributed by atoms with Crippen molar-refractivity contribution in [2.24, 2.45) is 0 Å². The first-order chi connectivity index (χ1) is 5.24. The molecular weight excluding hydrogens is 143 g/mol. The number of ether oxygens (including phenoxy) is 1. The van der Waals surface area contributed by atoms with Crippen LogP contribution in [0.5, 0.6) is 0 Å². The fourth-order valence-electron chi connectivity index (χ4n) is 0.639. The monoisotopic (exact) mass is 150 g/mol. The number of nitrogens with zero attached hydrogens (tertiary/aromatic N) is 1. The molecule has 0 aliphatic rings. The van der Waals surface area contributed by atoms with Gasteiger partial charge in [-0.05, 0) is 12.5 Å². The highest BCUT2D eigenvalue weighted by Crippen LogP contribution is 1.89. The van der Waals surface area contributed by atoms with Gasteiger partial charge < -0.3 is 9.72 Å². The second-order valence-corrected chi connectivity index (χ2v) is 1.91. The van der Waals surface area contributed by atoms with E-state index in [0.717, 1.165) is 0 Å². The van der Waals surface area contributed by atoms with Crippen LogP contribution in [-0.4, -0.2) is 30.4 Å². The van der Waals surface area contributed by atoms with Crippen LogP contribution in [0, 0.1) is 0 Å². The van der Waals surface area contributed by atoms with Crippen LogP contribution in [0.4, 0.5) is 0 Å². The van der Waals surface area contributed by atoms with Crippen LogP contribution in [-0.2, 0) is 4.74 Å². The molecule has 1 aromatic heterocycles. The molecule has 0 spiro atoms. The Balaban J connectivity index is 2.69. The number of hydrogen-bond acceptors (Lipinski definition) is 3. The van der Waals surface area contributed by atoms with Crippen molar-refractivity contribution in [2.75, 3.05) is 6.61 Å². The maximum absolute atomic E-state index is 10.9. The molecular formula is C6H7BN2O2. The number of esters is 1. The highest BCUT2D eigenvalue weighted by atomic mass is 16.5. The van der Waals surface area contributed by atoms with E-state index in [-0.39, 0.29) is 5.82 Å². The van der Waals surface area contributed by atoms with Gasteiger partial charge in [-0.3, -0.25) is 0 Å². The van der Waals surface area contributed by atoms with E-state index in [2.05, 4.69) is 14.7 Å². The van der Waals surface area contributed by atoms with Crippen molar-refractivity contribution in [1.29, 1.82) is 0 Å². The minimum Gasteiger partial charge on any atom is -0.460 e. The molecule has 0 amide bonds. The minimum absolute atomic E-state index is 0.143. The lowest BCUT2D eigenvalue weighted by atomic mass is 10.1. The SMILES string of the molecule is [B]c1cnc(C(=O)OCC)[nH]1. The quantitative estimate of drug-likeness (QED) is 0.451. The van der Waals surface area contributed by atoms with E-state index in [1.54, 1.807) is 6.92 Å². The van der Waals surface area contributed by atoms with Crippen molar-refractivity contribution < 1.29 is 9.53 Å². The summed E-state index contributed by atoms with van der Waals surface area (Å²) in [5, 5.41) is 0. The molecule has 0 saturated carbocycles. The third-order valence-electron chi connectivity index (χ3n) is 1.06. The minimum atomic E-state index is -0.482. The number of carbonyl (C=O) groups is 1. The molecule has 1 N–H and O–H groups in total. The Kier molecular flexibility index (Phi) is 2.30. The molecule has 0 bridgehead atoms. The highest BCUT2D eigenvalue weighted by Gasteiger charge is 2.08. The zero-order valence-electron chi connectivity index (χ0n) is 6.13. The molecule has 1 aromatic rings. The molecule has 0 fully saturated rings. The van der Waals surface area contributed by atoms with Gasteiger partial charge in [-0.2, -0.15) is 0 Å². The second-order valence-electron chi connectivity index (χ2n) is 1.91. The molecule has 0 unspecified atom stereocenters. The van der Waals surface area contributed by atoms with E-state index in [0.29, 0.717) is 12.2 Å². The van der Waals surface area contributed by atoms with Gasteiger partial charge >= 0.3 is 5.97 Å². The topological polar surface area (TPSA) is 55.0 Å². The molecule has 5 heteroatoms. The molecule has 0 aromatic carbocycles. The Morgan fingerprint density at radius 3 is 3.09 bits per heavy atom. The lowest BCUT2D eigenvalue weighted by molar-refractivity contribution is 0.0513. The summed E-state index contributed by atoms with van der Waals surface area (Å²) in [6, 6.07) is 0. The van der Waals surface area contributed by atoms with E-state index in [9.17, 15) is 4.79 Å². The van der Waals surface area contributed by atoms with Crippen LogP contribution in [0.15, 0.2) is 6.20 Å². The average molecular weight is 150 g/mol. The normalized spacial score (nSPS) is 9.55. The summed E-state index contributed by atoms with van der Waals surface area (Å²) in [5.74, 6) is -0.339. The third-order valence-corrected chi connectivity index (χ3v) is 1.06. The summed E-state index contributed by atoms with van der Waals surface area (Å²) in [6.45, 7) is 2.06. The number of aromatic nitrogens is 2. The van der Waals surface area contributed by atoms with Crippen LogP contribution >= 0.6 is 0 Å². The Morgan fingerprint density at radius 1 is 1.91 bits per heavy atom. The molecule has 4 nitrogen and oxygen atoms in total. The van der Waals surface area contributed by atoms with Gasteiger partial charge in [0, 0.05) is 6.20 Å². The number of nitrogens with one attached hydrogen (secondary N) is 1. The van der Waals surface area contributed by atoms with E-state index < -0.39 is 5.97 Å². The lowest BCUT2D eigenvalue weighted by Crippen LogP contribution is -2.09.